The van der Waals surface area contributed by atoms with Crippen LogP contribution in [0, 0.1) is 5.92 Å². The molecule has 1 aromatic heterocycles. The number of aryl methyl sites for hydroxylation is 1. The number of fused-ring (bicyclic) bond motifs is 1. The summed E-state index contributed by atoms with van der Waals surface area (Å²) < 4.78 is 0. The van der Waals surface area contributed by atoms with Gasteiger partial charge in [-0.2, -0.15) is 0 Å². The van der Waals surface area contributed by atoms with Crippen LogP contribution in [0.25, 0.3) is 0 Å². The monoisotopic (exact) mass is 293 g/mol. The summed E-state index contributed by atoms with van der Waals surface area (Å²) in [5.41, 5.74) is 1.30. The van der Waals surface area contributed by atoms with Crippen molar-refractivity contribution in [2.45, 2.75) is 64.5 Å². The third-order valence-corrected chi connectivity index (χ3v) is 6.06. The molecule has 2 heterocycles. The number of anilines is 1. The van der Waals surface area contributed by atoms with Crippen LogP contribution >= 0.6 is 11.3 Å². The van der Waals surface area contributed by atoms with Gasteiger partial charge < -0.3 is 10.2 Å². The molecule has 1 saturated carbocycles. The average molecular weight is 293 g/mol. The number of hydrogen-bond acceptors (Lipinski definition) is 4. The number of nitrogens with zero attached hydrogens (tertiary/aromatic N) is 2. The van der Waals surface area contributed by atoms with Gasteiger partial charge in [0.2, 0.25) is 0 Å². The number of nitrogens with one attached hydrogen (secondary N) is 1. The van der Waals surface area contributed by atoms with Crippen molar-refractivity contribution in [1.82, 2.24) is 10.3 Å². The topological polar surface area (TPSA) is 28.2 Å². The van der Waals surface area contributed by atoms with Crippen LogP contribution in [0.15, 0.2) is 0 Å². The van der Waals surface area contributed by atoms with E-state index in [-0.39, 0.29) is 0 Å². The van der Waals surface area contributed by atoms with Gasteiger partial charge in [-0.1, -0.05) is 19.8 Å². The van der Waals surface area contributed by atoms with Gasteiger partial charge in [-0.25, -0.2) is 4.98 Å². The Kier molecular flexibility index (Phi) is 4.61. The smallest absolute Gasteiger partial charge is 0.186 e. The van der Waals surface area contributed by atoms with Crippen molar-refractivity contribution in [3.05, 3.63) is 10.6 Å². The second-order valence-electron chi connectivity index (χ2n) is 6.20. The minimum Gasteiger partial charge on any atom is -0.345 e. The molecule has 112 valence electrons. The zero-order valence-corrected chi connectivity index (χ0v) is 13.6. The van der Waals surface area contributed by atoms with Gasteiger partial charge in [0.05, 0.1) is 5.69 Å². The third kappa shape index (κ3) is 2.73. The molecular formula is C16H27N3S. The van der Waals surface area contributed by atoms with E-state index < -0.39 is 0 Å². The van der Waals surface area contributed by atoms with Crippen LogP contribution in [0.3, 0.4) is 0 Å². The molecule has 1 aliphatic carbocycles. The fourth-order valence-corrected chi connectivity index (χ4v) is 5.17. The summed E-state index contributed by atoms with van der Waals surface area (Å²) in [6.07, 6.45) is 9.52. The van der Waals surface area contributed by atoms with Gasteiger partial charge in [-0.05, 0) is 45.1 Å². The second-order valence-corrected chi connectivity index (χ2v) is 7.26. The summed E-state index contributed by atoms with van der Waals surface area (Å²) in [5, 5.41) is 4.58. The molecule has 2 aliphatic rings. The van der Waals surface area contributed by atoms with Crippen molar-refractivity contribution in [1.29, 1.82) is 0 Å². The van der Waals surface area contributed by atoms with Gasteiger partial charge in [-0.15, -0.1) is 11.3 Å². The lowest BCUT2D eigenvalue weighted by molar-refractivity contribution is 0.243. The van der Waals surface area contributed by atoms with Crippen molar-refractivity contribution >= 4 is 16.5 Å². The van der Waals surface area contributed by atoms with E-state index in [9.17, 15) is 0 Å². The van der Waals surface area contributed by atoms with Gasteiger partial charge >= 0.3 is 0 Å². The molecular weight excluding hydrogens is 266 g/mol. The van der Waals surface area contributed by atoms with Gasteiger partial charge in [-0.3, -0.25) is 0 Å². The maximum atomic E-state index is 4.97. The lowest BCUT2D eigenvalue weighted by atomic mass is 9.78. The normalized spacial score (nSPS) is 26.6. The molecule has 4 heteroatoms. The molecule has 3 nitrogen and oxygen atoms in total. The Hall–Kier alpha value is -0.610. The minimum absolute atomic E-state index is 0.774. The van der Waals surface area contributed by atoms with Crippen molar-refractivity contribution in [3.8, 4) is 0 Å². The van der Waals surface area contributed by atoms with Crippen LogP contribution in [0.5, 0.6) is 0 Å². The number of hydrogen-bond donors (Lipinski definition) is 1. The number of rotatable bonds is 4. The van der Waals surface area contributed by atoms with E-state index in [4.69, 9.17) is 4.98 Å². The van der Waals surface area contributed by atoms with Crippen LogP contribution in [0.4, 0.5) is 5.13 Å². The van der Waals surface area contributed by atoms with Gasteiger partial charge in [0.15, 0.2) is 5.13 Å². The molecule has 1 aromatic rings. The van der Waals surface area contributed by atoms with E-state index in [0.717, 1.165) is 24.9 Å². The van der Waals surface area contributed by atoms with Gasteiger partial charge in [0.1, 0.15) is 0 Å². The van der Waals surface area contributed by atoms with E-state index in [1.54, 1.807) is 0 Å². The molecule has 1 N–H and O–H groups in total. The Labute approximate surface area is 126 Å². The zero-order valence-electron chi connectivity index (χ0n) is 12.8. The Balaban J connectivity index is 1.83. The molecule has 2 unspecified atom stereocenters. The van der Waals surface area contributed by atoms with Crippen molar-refractivity contribution in [2.24, 2.45) is 5.92 Å². The Morgan fingerprint density at radius 1 is 1.25 bits per heavy atom. The Bertz CT molecular complexity index is 441. The Morgan fingerprint density at radius 2 is 2.05 bits per heavy atom. The predicted octanol–water partition coefficient (Wildman–Crippen LogP) is 3.58. The summed E-state index contributed by atoms with van der Waals surface area (Å²) >= 11 is 1.92. The fraction of sp³-hybridized carbons (Fsp3) is 0.812. The first-order valence-corrected chi connectivity index (χ1v) is 9.05. The molecule has 2 fully saturated rings. The molecule has 20 heavy (non-hydrogen) atoms. The quantitative estimate of drug-likeness (QED) is 0.919. The molecule has 0 amide bonds. The maximum Gasteiger partial charge on any atom is 0.186 e. The second kappa shape index (κ2) is 6.44. The van der Waals surface area contributed by atoms with Crippen LogP contribution in [-0.2, 0) is 13.0 Å². The standard InChI is InChI=1S/C16H27N3S/c1-3-13-15(11-17-2)20-16(18-13)19-10-6-8-12-7-4-5-9-14(12)19/h12,14,17H,3-11H2,1-2H3. The average Bonchev–Trinajstić information content (AvgIpc) is 2.90. The Morgan fingerprint density at radius 3 is 2.85 bits per heavy atom. The lowest BCUT2D eigenvalue weighted by Gasteiger charge is -2.44. The summed E-state index contributed by atoms with van der Waals surface area (Å²) in [6, 6.07) is 0.774. The van der Waals surface area contributed by atoms with Crippen LogP contribution in [-0.4, -0.2) is 24.6 Å². The van der Waals surface area contributed by atoms with Crippen molar-refractivity contribution in [2.75, 3.05) is 18.5 Å². The highest BCUT2D eigenvalue weighted by Crippen LogP contribution is 2.39. The van der Waals surface area contributed by atoms with E-state index >= 15 is 0 Å². The molecule has 0 bridgehead atoms. The highest BCUT2D eigenvalue weighted by molar-refractivity contribution is 7.15. The van der Waals surface area contributed by atoms with Crippen molar-refractivity contribution in [3.63, 3.8) is 0 Å². The predicted molar refractivity (Wildman–Crippen MR) is 86.6 cm³/mol. The summed E-state index contributed by atoms with van der Waals surface area (Å²) in [4.78, 5) is 9.05. The minimum atomic E-state index is 0.774. The van der Waals surface area contributed by atoms with Crippen molar-refractivity contribution < 1.29 is 0 Å². The number of aromatic nitrogens is 1. The SMILES string of the molecule is CCc1nc(N2CCCC3CCCCC32)sc1CNC. The zero-order chi connectivity index (χ0) is 13.9. The van der Waals surface area contributed by atoms with Crippen LogP contribution in [0.2, 0.25) is 0 Å². The van der Waals surface area contributed by atoms with E-state index in [1.165, 1.54) is 60.8 Å². The van der Waals surface area contributed by atoms with Gasteiger partial charge in [0, 0.05) is 24.0 Å². The first-order chi connectivity index (χ1) is 9.83. The van der Waals surface area contributed by atoms with E-state index in [1.807, 2.05) is 18.4 Å². The van der Waals surface area contributed by atoms with E-state index in [2.05, 4.69) is 17.1 Å². The lowest BCUT2D eigenvalue weighted by Crippen LogP contribution is -2.46. The highest BCUT2D eigenvalue weighted by Gasteiger charge is 2.34. The fourth-order valence-electron chi connectivity index (χ4n) is 3.93. The van der Waals surface area contributed by atoms with Gasteiger partial charge in [0.25, 0.3) is 0 Å². The largest absolute Gasteiger partial charge is 0.345 e. The van der Waals surface area contributed by atoms with Crippen LogP contribution in [0.1, 0.15) is 56.0 Å². The highest BCUT2D eigenvalue weighted by atomic mass is 32.1. The van der Waals surface area contributed by atoms with E-state index in [0.29, 0.717) is 0 Å². The molecule has 2 atom stereocenters. The summed E-state index contributed by atoms with van der Waals surface area (Å²) in [7, 11) is 2.02. The number of piperidine rings is 1. The maximum absolute atomic E-state index is 4.97. The molecule has 1 aliphatic heterocycles. The molecule has 3 rings (SSSR count). The molecule has 1 saturated heterocycles. The molecule has 0 spiro atoms. The summed E-state index contributed by atoms with van der Waals surface area (Å²) in [5.74, 6) is 0.930. The molecule has 0 aromatic carbocycles. The molecule has 0 radical (unpaired) electrons. The first kappa shape index (κ1) is 14.3. The first-order valence-electron chi connectivity index (χ1n) is 8.23. The number of thiazole rings is 1. The third-order valence-electron chi connectivity index (χ3n) is 4.93. The van der Waals surface area contributed by atoms with Crippen LogP contribution < -0.4 is 10.2 Å². The summed E-state index contributed by atoms with van der Waals surface area (Å²) in [6.45, 7) is 4.40.